The lowest BCUT2D eigenvalue weighted by Crippen LogP contribution is -2.01. The van der Waals surface area contributed by atoms with Gasteiger partial charge in [-0.05, 0) is 29.8 Å². The second kappa shape index (κ2) is 5.71. The van der Waals surface area contributed by atoms with Crippen LogP contribution in [0.5, 0.6) is 11.5 Å². The maximum Gasteiger partial charge on any atom is 0.140 e. The third kappa shape index (κ3) is 2.89. The highest BCUT2D eigenvalue weighted by Gasteiger charge is 2.07. The maximum absolute atomic E-state index is 9.34. The lowest BCUT2D eigenvalue weighted by atomic mass is 10.2. The Hall–Kier alpha value is -2.75. The summed E-state index contributed by atoms with van der Waals surface area (Å²) < 4.78 is 7.33. The molecule has 21 heavy (non-hydrogen) atoms. The number of phenolic OH excluding ortho intramolecular Hbond substituents is 1. The Labute approximate surface area is 123 Å². The summed E-state index contributed by atoms with van der Waals surface area (Å²) in [6.45, 7) is 0.701. The fourth-order valence-electron chi connectivity index (χ4n) is 2.26. The first kappa shape index (κ1) is 13.2. The lowest BCUT2D eigenvalue weighted by molar-refractivity contribution is 0.415. The summed E-state index contributed by atoms with van der Waals surface area (Å²) in [5.41, 5.74) is 2.12. The zero-order valence-corrected chi connectivity index (χ0v) is 11.7. The highest BCUT2D eigenvalue weighted by Crippen LogP contribution is 2.23. The van der Waals surface area contributed by atoms with Crippen molar-refractivity contribution in [2.45, 2.75) is 6.54 Å². The van der Waals surface area contributed by atoms with Crippen LogP contribution in [0, 0.1) is 0 Å². The number of rotatable bonds is 4. The van der Waals surface area contributed by atoms with E-state index >= 15 is 0 Å². The molecule has 0 bridgehead atoms. The number of ether oxygens (including phenoxy) is 1. The quantitative estimate of drug-likeness (QED) is 0.797. The first-order valence-electron chi connectivity index (χ1n) is 6.70. The first-order chi connectivity index (χ1) is 10.3. The molecule has 0 atom stereocenters. The van der Waals surface area contributed by atoms with Crippen LogP contribution in [0.15, 0.2) is 60.9 Å². The third-order valence-corrected chi connectivity index (χ3v) is 3.33. The van der Waals surface area contributed by atoms with Gasteiger partial charge in [-0.2, -0.15) is 0 Å². The van der Waals surface area contributed by atoms with Gasteiger partial charge in [-0.15, -0.1) is 0 Å². The number of aromatic nitrogens is 2. The molecule has 0 radical (unpaired) electrons. The van der Waals surface area contributed by atoms with Crippen molar-refractivity contribution in [3.8, 4) is 22.9 Å². The van der Waals surface area contributed by atoms with Gasteiger partial charge in [-0.1, -0.05) is 24.3 Å². The highest BCUT2D eigenvalue weighted by atomic mass is 16.5. The fourth-order valence-corrected chi connectivity index (χ4v) is 2.26. The minimum absolute atomic E-state index is 0.275. The van der Waals surface area contributed by atoms with Crippen molar-refractivity contribution in [2.75, 3.05) is 7.11 Å². The summed E-state index contributed by atoms with van der Waals surface area (Å²) in [6, 6.07) is 15.0. The Kier molecular flexibility index (Phi) is 3.60. The molecule has 0 spiro atoms. The first-order valence-corrected chi connectivity index (χ1v) is 6.70. The van der Waals surface area contributed by atoms with Gasteiger partial charge in [0.15, 0.2) is 0 Å². The lowest BCUT2D eigenvalue weighted by Gasteiger charge is -2.09. The molecular formula is C17H16N2O2. The van der Waals surface area contributed by atoms with Crippen molar-refractivity contribution in [2.24, 2.45) is 0 Å². The molecule has 0 aliphatic rings. The minimum atomic E-state index is 0.275. The summed E-state index contributed by atoms with van der Waals surface area (Å²) in [6.07, 6.45) is 3.73. The van der Waals surface area contributed by atoms with E-state index in [1.807, 2.05) is 42.6 Å². The Bertz CT molecular complexity index is 733. The number of methoxy groups -OCH3 is 1. The monoisotopic (exact) mass is 280 g/mol. The average Bonchev–Trinajstić information content (AvgIpc) is 2.98. The van der Waals surface area contributed by atoms with Crippen LogP contribution >= 0.6 is 0 Å². The van der Waals surface area contributed by atoms with E-state index in [-0.39, 0.29) is 5.75 Å². The van der Waals surface area contributed by atoms with E-state index in [4.69, 9.17) is 4.74 Å². The van der Waals surface area contributed by atoms with E-state index in [1.54, 1.807) is 25.4 Å². The molecule has 4 nitrogen and oxygen atoms in total. The van der Waals surface area contributed by atoms with E-state index in [9.17, 15) is 5.11 Å². The van der Waals surface area contributed by atoms with Crippen LogP contribution in [-0.2, 0) is 6.54 Å². The molecule has 0 fully saturated rings. The second-order valence-corrected chi connectivity index (χ2v) is 4.78. The van der Waals surface area contributed by atoms with Crippen molar-refractivity contribution >= 4 is 0 Å². The van der Waals surface area contributed by atoms with Gasteiger partial charge >= 0.3 is 0 Å². The van der Waals surface area contributed by atoms with Crippen LogP contribution in [0.4, 0.5) is 0 Å². The van der Waals surface area contributed by atoms with Gasteiger partial charge in [0.05, 0.1) is 7.11 Å². The van der Waals surface area contributed by atoms with Crippen molar-refractivity contribution in [1.82, 2.24) is 9.55 Å². The molecule has 4 heteroatoms. The molecule has 3 rings (SSSR count). The molecule has 2 aromatic carbocycles. The molecule has 106 valence electrons. The highest BCUT2D eigenvalue weighted by molar-refractivity contribution is 5.58. The summed E-state index contributed by atoms with van der Waals surface area (Å²) >= 11 is 0. The van der Waals surface area contributed by atoms with Gasteiger partial charge in [0, 0.05) is 24.5 Å². The maximum atomic E-state index is 9.34. The normalized spacial score (nSPS) is 10.5. The fraction of sp³-hybridized carbons (Fsp3) is 0.118. The van der Waals surface area contributed by atoms with Crippen LogP contribution in [0.25, 0.3) is 11.4 Å². The van der Waals surface area contributed by atoms with Crippen molar-refractivity contribution in [1.29, 1.82) is 0 Å². The Morgan fingerprint density at radius 1 is 1.14 bits per heavy atom. The number of hydrogen-bond acceptors (Lipinski definition) is 3. The molecule has 3 aromatic rings. The van der Waals surface area contributed by atoms with Crippen molar-refractivity contribution < 1.29 is 9.84 Å². The SMILES string of the molecule is COc1cccc(-c2nccn2Cc2ccc(O)cc2)c1. The van der Waals surface area contributed by atoms with E-state index in [1.165, 1.54) is 0 Å². The second-order valence-electron chi connectivity index (χ2n) is 4.78. The number of phenols is 1. The molecule has 0 amide bonds. The summed E-state index contributed by atoms with van der Waals surface area (Å²) in [5.74, 6) is 1.98. The number of nitrogens with zero attached hydrogens (tertiary/aromatic N) is 2. The minimum Gasteiger partial charge on any atom is -0.508 e. The Balaban J connectivity index is 1.91. The largest absolute Gasteiger partial charge is 0.508 e. The van der Waals surface area contributed by atoms with Gasteiger partial charge in [0.25, 0.3) is 0 Å². The average molecular weight is 280 g/mol. The number of benzene rings is 2. The third-order valence-electron chi connectivity index (χ3n) is 3.33. The zero-order chi connectivity index (χ0) is 14.7. The predicted octanol–water partition coefficient (Wildman–Crippen LogP) is 3.31. The van der Waals surface area contributed by atoms with Gasteiger partial charge in [0.2, 0.25) is 0 Å². The van der Waals surface area contributed by atoms with Crippen LogP contribution in [0.3, 0.4) is 0 Å². The van der Waals surface area contributed by atoms with Crippen molar-refractivity contribution in [3.63, 3.8) is 0 Å². The molecule has 1 N–H and O–H groups in total. The number of hydrogen-bond donors (Lipinski definition) is 1. The predicted molar refractivity (Wildman–Crippen MR) is 81.4 cm³/mol. The van der Waals surface area contributed by atoms with Crippen molar-refractivity contribution in [3.05, 3.63) is 66.5 Å². The van der Waals surface area contributed by atoms with Crippen LogP contribution in [-0.4, -0.2) is 21.8 Å². The van der Waals surface area contributed by atoms with Gasteiger partial charge in [-0.3, -0.25) is 0 Å². The molecule has 0 unspecified atom stereocenters. The standard InChI is InChI=1S/C17H16N2O2/c1-21-16-4-2-3-14(11-16)17-18-9-10-19(17)12-13-5-7-15(20)8-6-13/h2-11,20H,12H2,1H3. The van der Waals surface area contributed by atoms with E-state index in [2.05, 4.69) is 9.55 Å². The molecule has 0 saturated heterocycles. The molecule has 0 saturated carbocycles. The number of aromatic hydroxyl groups is 1. The smallest absolute Gasteiger partial charge is 0.140 e. The number of imidazole rings is 1. The molecular weight excluding hydrogens is 264 g/mol. The summed E-state index contributed by atoms with van der Waals surface area (Å²) in [4.78, 5) is 4.43. The van der Waals surface area contributed by atoms with E-state index in [0.29, 0.717) is 6.54 Å². The van der Waals surface area contributed by atoms with Gasteiger partial charge < -0.3 is 14.4 Å². The Morgan fingerprint density at radius 2 is 1.95 bits per heavy atom. The topological polar surface area (TPSA) is 47.3 Å². The Morgan fingerprint density at radius 3 is 2.71 bits per heavy atom. The van der Waals surface area contributed by atoms with Gasteiger partial charge in [-0.25, -0.2) is 4.98 Å². The van der Waals surface area contributed by atoms with Crippen LogP contribution in [0.2, 0.25) is 0 Å². The van der Waals surface area contributed by atoms with E-state index < -0.39 is 0 Å². The molecule has 1 aromatic heterocycles. The molecule has 0 aliphatic carbocycles. The molecule has 0 aliphatic heterocycles. The van der Waals surface area contributed by atoms with Gasteiger partial charge in [0.1, 0.15) is 17.3 Å². The molecule has 1 heterocycles. The zero-order valence-electron chi connectivity index (χ0n) is 11.7. The summed E-state index contributed by atoms with van der Waals surface area (Å²) in [5, 5.41) is 9.34. The van der Waals surface area contributed by atoms with Crippen LogP contribution < -0.4 is 4.74 Å². The van der Waals surface area contributed by atoms with E-state index in [0.717, 1.165) is 22.7 Å². The summed E-state index contributed by atoms with van der Waals surface area (Å²) in [7, 11) is 1.65. The van der Waals surface area contributed by atoms with Crippen LogP contribution in [0.1, 0.15) is 5.56 Å².